The van der Waals surface area contributed by atoms with E-state index in [1.807, 2.05) is 6.07 Å². The number of rotatable bonds is 5. The summed E-state index contributed by atoms with van der Waals surface area (Å²) in [6.45, 7) is 5.45. The lowest BCUT2D eigenvalue weighted by atomic mass is 9.99. The van der Waals surface area contributed by atoms with E-state index in [1.165, 1.54) is 6.08 Å². The number of barbiturate groups is 1. The van der Waals surface area contributed by atoms with Crippen LogP contribution in [-0.4, -0.2) is 40.0 Å². The van der Waals surface area contributed by atoms with Crippen molar-refractivity contribution in [3.63, 3.8) is 0 Å². The number of nitrogens with zero attached hydrogens (tertiary/aromatic N) is 3. The molecule has 22 heavy (non-hydrogen) atoms. The van der Waals surface area contributed by atoms with Crippen LogP contribution in [0.5, 0.6) is 0 Å². The second kappa shape index (κ2) is 6.75. The van der Waals surface area contributed by atoms with E-state index in [2.05, 4.69) is 21.9 Å². The summed E-state index contributed by atoms with van der Waals surface area (Å²) in [4.78, 5) is 45.0. The third-order valence-electron chi connectivity index (χ3n) is 3.21. The van der Waals surface area contributed by atoms with Gasteiger partial charge in [0.2, 0.25) is 11.8 Å². The fourth-order valence-corrected chi connectivity index (χ4v) is 2.08. The standard InChI is InChI=1S/C15H16N4O3/c1-3-7-19-14(21)12(13(20)18-15(19)22)10(2)17-9-11-5-4-6-16-8-11/h3-6,8,12H,1,7,9H2,2H3,(H,18,20,22). The molecule has 2 heterocycles. The lowest BCUT2D eigenvalue weighted by Gasteiger charge is -2.29. The van der Waals surface area contributed by atoms with Gasteiger partial charge in [-0.3, -0.25) is 29.8 Å². The molecule has 1 aliphatic heterocycles. The first kappa shape index (κ1) is 15.6. The fourth-order valence-electron chi connectivity index (χ4n) is 2.08. The highest BCUT2D eigenvalue weighted by atomic mass is 16.2. The maximum absolute atomic E-state index is 12.3. The summed E-state index contributed by atoms with van der Waals surface area (Å²) in [5.41, 5.74) is 1.22. The zero-order valence-electron chi connectivity index (χ0n) is 12.2. The molecule has 0 spiro atoms. The SMILES string of the molecule is C=CCN1C(=O)NC(=O)C(C(C)=NCc2cccnc2)C1=O. The summed E-state index contributed by atoms with van der Waals surface area (Å²) < 4.78 is 0. The number of pyridine rings is 1. The monoisotopic (exact) mass is 300 g/mol. The molecule has 0 saturated carbocycles. The molecule has 0 radical (unpaired) electrons. The van der Waals surface area contributed by atoms with Crippen LogP contribution in [0, 0.1) is 5.92 Å². The van der Waals surface area contributed by atoms with E-state index in [4.69, 9.17) is 0 Å². The summed E-state index contributed by atoms with van der Waals surface area (Å²) >= 11 is 0. The highest BCUT2D eigenvalue weighted by Gasteiger charge is 2.41. The van der Waals surface area contributed by atoms with Gasteiger partial charge in [-0.2, -0.15) is 0 Å². The van der Waals surface area contributed by atoms with Crippen LogP contribution in [0.15, 0.2) is 42.2 Å². The average Bonchev–Trinajstić information content (AvgIpc) is 2.50. The molecule has 2 rings (SSSR count). The maximum Gasteiger partial charge on any atom is 0.331 e. The second-order valence-electron chi connectivity index (χ2n) is 4.78. The predicted molar refractivity (Wildman–Crippen MR) is 80.0 cm³/mol. The van der Waals surface area contributed by atoms with E-state index in [0.29, 0.717) is 12.3 Å². The molecule has 4 amide bonds. The largest absolute Gasteiger partial charge is 0.331 e. The number of hydrogen-bond donors (Lipinski definition) is 1. The van der Waals surface area contributed by atoms with Crippen LogP contribution in [0.3, 0.4) is 0 Å². The molecule has 1 aliphatic rings. The molecule has 1 saturated heterocycles. The van der Waals surface area contributed by atoms with Gasteiger partial charge in [0.25, 0.3) is 0 Å². The third kappa shape index (κ3) is 3.25. The van der Waals surface area contributed by atoms with Gasteiger partial charge in [0.1, 0.15) is 0 Å². The second-order valence-corrected chi connectivity index (χ2v) is 4.78. The Hall–Kier alpha value is -2.83. The van der Waals surface area contributed by atoms with Crippen molar-refractivity contribution in [3.8, 4) is 0 Å². The van der Waals surface area contributed by atoms with Gasteiger partial charge in [-0.1, -0.05) is 12.1 Å². The summed E-state index contributed by atoms with van der Waals surface area (Å²) in [5.74, 6) is -2.32. The van der Waals surface area contributed by atoms with Gasteiger partial charge in [0.15, 0.2) is 5.92 Å². The quantitative estimate of drug-likeness (QED) is 0.497. The molecule has 7 nitrogen and oxygen atoms in total. The number of nitrogens with one attached hydrogen (secondary N) is 1. The zero-order chi connectivity index (χ0) is 16.1. The van der Waals surface area contributed by atoms with E-state index in [0.717, 1.165) is 10.5 Å². The maximum atomic E-state index is 12.3. The smallest absolute Gasteiger partial charge is 0.288 e. The van der Waals surface area contributed by atoms with Crippen molar-refractivity contribution in [2.24, 2.45) is 10.9 Å². The topological polar surface area (TPSA) is 91.7 Å². The van der Waals surface area contributed by atoms with E-state index in [-0.39, 0.29) is 6.54 Å². The number of imide groups is 2. The molecule has 1 unspecified atom stereocenters. The van der Waals surface area contributed by atoms with Crippen LogP contribution < -0.4 is 5.32 Å². The molecule has 7 heteroatoms. The van der Waals surface area contributed by atoms with Crippen LogP contribution in [0.4, 0.5) is 4.79 Å². The minimum atomic E-state index is -1.09. The minimum Gasteiger partial charge on any atom is -0.288 e. The first-order valence-electron chi connectivity index (χ1n) is 6.71. The average molecular weight is 300 g/mol. The molecule has 1 aromatic rings. The van der Waals surface area contributed by atoms with Crippen LogP contribution >= 0.6 is 0 Å². The van der Waals surface area contributed by atoms with Crippen LogP contribution in [-0.2, 0) is 16.1 Å². The summed E-state index contributed by atoms with van der Waals surface area (Å²) in [6, 6.07) is 2.90. The number of aromatic nitrogens is 1. The Balaban J connectivity index is 2.17. The number of aliphatic imine (C=N–C) groups is 1. The van der Waals surface area contributed by atoms with Crippen molar-refractivity contribution < 1.29 is 14.4 Å². The Kier molecular flexibility index (Phi) is 4.77. The van der Waals surface area contributed by atoms with Crippen LogP contribution in [0.1, 0.15) is 12.5 Å². The van der Waals surface area contributed by atoms with Gasteiger partial charge in [-0.15, -0.1) is 6.58 Å². The Morgan fingerprint density at radius 2 is 2.27 bits per heavy atom. The van der Waals surface area contributed by atoms with Crippen LogP contribution in [0.25, 0.3) is 0 Å². The van der Waals surface area contributed by atoms with Crippen molar-refractivity contribution in [2.75, 3.05) is 6.54 Å². The molecule has 0 bridgehead atoms. The fraction of sp³-hybridized carbons (Fsp3) is 0.267. The summed E-state index contributed by atoms with van der Waals surface area (Å²) in [7, 11) is 0. The number of carbonyl (C=O) groups is 3. The number of urea groups is 1. The number of amides is 4. The Morgan fingerprint density at radius 3 is 2.91 bits per heavy atom. The predicted octanol–water partition coefficient (Wildman–Crippen LogP) is 0.923. The van der Waals surface area contributed by atoms with Gasteiger partial charge in [0.05, 0.1) is 6.54 Å². The Labute approximate surface area is 127 Å². The molecule has 1 N–H and O–H groups in total. The highest BCUT2D eigenvalue weighted by Crippen LogP contribution is 2.13. The molecule has 114 valence electrons. The summed E-state index contributed by atoms with van der Waals surface area (Å²) in [6.07, 6.45) is 4.73. The first-order valence-corrected chi connectivity index (χ1v) is 6.71. The Bertz CT molecular complexity index is 639. The molecule has 1 fully saturated rings. The van der Waals surface area contributed by atoms with Gasteiger partial charge >= 0.3 is 6.03 Å². The van der Waals surface area contributed by atoms with Gasteiger partial charge in [-0.05, 0) is 18.6 Å². The molecular formula is C15H16N4O3. The van der Waals surface area contributed by atoms with Crippen molar-refractivity contribution in [1.82, 2.24) is 15.2 Å². The van der Waals surface area contributed by atoms with Crippen LogP contribution in [0.2, 0.25) is 0 Å². The third-order valence-corrected chi connectivity index (χ3v) is 3.21. The highest BCUT2D eigenvalue weighted by molar-refractivity contribution is 6.27. The first-order chi connectivity index (χ1) is 10.5. The molecule has 1 aromatic heterocycles. The normalized spacial score (nSPS) is 19.1. The molecular weight excluding hydrogens is 284 g/mol. The van der Waals surface area contributed by atoms with Crippen molar-refractivity contribution >= 4 is 23.6 Å². The van der Waals surface area contributed by atoms with E-state index in [9.17, 15) is 14.4 Å². The van der Waals surface area contributed by atoms with Crippen molar-refractivity contribution in [2.45, 2.75) is 13.5 Å². The van der Waals surface area contributed by atoms with Gasteiger partial charge < -0.3 is 0 Å². The minimum absolute atomic E-state index is 0.0460. The van der Waals surface area contributed by atoms with E-state index in [1.54, 1.807) is 25.4 Å². The Morgan fingerprint density at radius 1 is 1.50 bits per heavy atom. The van der Waals surface area contributed by atoms with E-state index >= 15 is 0 Å². The van der Waals surface area contributed by atoms with Gasteiger partial charge in [0, 0.05) is 24.7 Å². The van der Waals surface area contributed by atoms with Crippen molar-refractivity contribution in [1.29, 1.82) is 0 Å². The zero-order valence-corrected chi connectivity index (χ0v) is 12.2. The summed E-state index contributed by atoms with van der Waals surface area (Å²) in [5, 5.41) is 2.16. The number of hydrogen-bond acceptors (Lipinski definition) is 5. The number of carbonyl (C=O) groups excluding carboxylic acids is 3. The lowest BCUT2D eigenvalue weighted by Crippen LogP contribution is -2.59. The van der Waals surface area contributed by atoms with Crippen molar-refractivity contribution in [3.05, 3.63) is 42.7 Å². The van der Waals surface area contributed by atoms with Gasteiger partial charge in [-0.25, -0.2) is 4.79 Å². The molecule has 0 aliphatic carbocycles. The lowest BCUT2D eigenvalue weighted by molar-refractivity contribution is -0.139. The molecule has 1 atom stereocenters. The molecule has 0 aromatic carbocycles. The van der Waals surface area contributed by atoms with E-state index < -0.39 is 23.8 Å².